The third-order valence-electron chi connectivity index (χ3n) is 2.70. The van der Waals surface area contributed by atoms with Gasteiger partial charge in [0.25, 0.3) is 0 Å². The summed E-state index contributed by atoms with van der Waals surface area (Å²) >= 11 is 0. The van der Waals surface area contributed by atoms with Crippen molar-refractivity contribution in [2.45, 2.75) is 24.3 Å². The largest absolute Gasteiger partial charge is 0.320 e. The van der Waals surface area contributed by atoms with Gasteiger partial charge in [-0.25, -0.2) is 13.1 Å². The quantitative estimate of drug-likeness (QED) is 0.741. The Balaban J connectivity index is 2.95. The van der Waals surface area contributed by atoms with E-state index >= 15 is 0 Å². The first-order valence-corrected chi connectivity index (χ1v) is 9.68. The van der Waals surface area contributed by atoms with Crippen LogP contribution in [-0.4, -0.2) is 37.2 Å². The second-order valence-corrected chi connectivity index (χ2v) is 7.83. The molecule has 0 radical (unpaired) electrons. The highest BCUT2D eigenvalue weighted by atomic mass is 32.2. The maximum absolute atomic E-state index is 12.4. The number of rotatable bonds is 6. The van der Waals surface area contributed by atoms with Crippen molar-refractivity contribution in [2.24, 2.45) is 5.73 Å². The average molecular weight is 328 g/mol. The Labute approximate surface area is 128 Å². The smallest absolute Gasteiger partial charge is 0.242 e. The third-order valence-corrected chi connectivity index (χ3v) is 5.15. The molecule has 2 unspecified atom stereocenters. The number of benzene rings is 1. The molecule has 0 amide bonds. The van der Waals surface area contributed by atoms with Crippen molar-refractivity contribution in [3.8, 4) is 11.8 Å². The molecular weight excluding hydrogens is 308 g/mol. The van der Waals surface area contributed by atoms with E-state index in [2.05, 4.69) is 16.6 Å². The Morgan fingerprint density at radius 3 is 2.67 bits per heavy atom. The van der Waals surface area contributed by atoms with Gasteiger partial charge in [0.2, 0.25) is 10.0 Å². The highest BCUT2D eigenvalue weighted by Gasteiger charge is 2.20. The highest BCUT2D eigenvalue weighted by Crippen LogP contribution is 2.15. The lowest BCUT2D eigenvalue weighted by atomic mass is 10.2. The second kappa shape index (κ2) is 8.29. The molecule has 0 saturated carbocycles. The SMILES string of the molecule is CC(CCS(C)=O)NS(=O)(=O)c1ccccc1C#CCN. The molecule has 116 valence electrons. The van der Waals surface area contributed by atoms with Gasteiger partial charge in [0, 0.05) is 34.4 Å². The first-order chi connectivity index (χ1) is 9.86. The summed E-state index contributed by atoms with van der Waals surface area (Å²) in [6.45, 7) is 1.92. The Kier molecular flexibility index (Phi) is 7.05. The van der Waals surface area contributed by atoms with Crippen molar-refractivity contribution in [1.29, 1.82) is 0 Å². The third kappa shape index (κ3) is 5.98. The number of sulfonamides is 1. The fourth-order valence-corrected chi connectivity index (χ4v) is 3.81. The van der Waals surface area contributed by atoms with Gasteiger partial charge in [-0.15, -0.1) is 0 Å². The molecule has 1 aromatic rings. The molecule has 1 rings (SSSR count). The summed E-state index contributed by atoms with van der Waals surface area (Å²) in [5.41, 5.74) is 5.73. The van der Waals surface area contributed by atoms with Gasteiger partial charge in [0.05, 0.1) is 11.4 Å². The van der Waals surface area contributed by atoms with Crippen molar-refractivity contribution >= 4 is 20.8 Å². The molecule has 1 aromatic carbocycles. The lowest BCUT2D eigenvalue weighted by molar-refractivity contribution is 0.555. The van der Waals surface area contributed by atoms with E-state index in [0.29, 0.717) is 17.7 Å². The van der Waals surface area contributed by atoms with E-state index in [9.17, 15) is 12.6 Å². The summed E-state index contributed by atoms with van der Waals surface area (Å²) in [6.07, 6.45) is 2.11. The Morgan fingerprint density at radius 2 is 2.05 bits per heavy atom. The van der Waals surface area contributed by atoms with E-state index in [4.69, 9.17) is 5.73 Å². The lowest BCUT2D eigenvalue weighted by Crippen LogP contribution is -2.34. The van der Waals surface area contributed by atoms with Crippen molar-refractivity contribution < 1.29 is 12.6 Å². The topological polar surface area (TPSA) is 89.3 Å². The first-order valence-electron chi connectivity index (χ1n) is 6.47. The number of nitrogens with two attached hydrogens (primary N) is 1. The molecule has 5 nitrogen and oxygen atoms in total. The van der Waals surface area contributed by atoms with Crippen molar-refractivity contribution in [1.82, 2.24) is 4.72 Å². The van der Waals surface area contributed by atoms with Gasteiger partial charge < -0.3 is 5.73 Å². The number of hydrogen-bond acceptors (Lipinski definition) is 4. The van der Waals surface area contributed by atoms with Crippen LogP contribution in [0.3, 0.4) is 0 Å². The van der Waals surface area contributed by atoms with E-state index in [1.54, 1.807) is 31.4 Å². The molecule has 3 N–H and O–H groups in total. The summed E-state index contributed by atoms with van der Waals surface area (Å²) in [5.74, 6) is 5.87. The fourth-order valence-electron chi connectivity index (χ4n) is 1.68. The average Bonchev–Trinajstić information content (AvgIpc) is 2.42. The molecule has 7 heteroatoms. The minimum atomic E-state index is -3.66. The standard InChI is InChI=1S/C14H20N2O3S2/c1-12(9-11-20(2)17)16-21(18,19)14-8-4-3-6-13(14)7-5-10-15/h3-4,6,8,12,16H,9-11,15H2,1-2H3. The predicted octanol–water partition coefficient (Wildman–Crippen LogP) is 0.432. The maximum Gasteiger partial charge on any atom is 0.242 e. The monoisotopic (exact) mass is 328 g/mol. The number of nitrogens with one attached hydrogen (secondary N) is 1. The van der Waals surface area contributed by atoms with E-state index in [1.165, 1.54) is 6.07 Å². The predicted molar refractivity (Wildman–Crippen MR) is 85.7 cm³/mol. The van der Waals surface area contributed by atoms with Crippen LogP contribution in [0.25, 0.3) is 0 Å². The minimum absolute atomic E-state index is 0.135. The van der Waals surface area contributed by atoms with Gasteiger partial charge in [0.1, 0.15) is 0 Å². The molecule has 0 aromatic heterocycles. The number of hydrogen-bond donors (Lipinski definition) is 2. The Bertz CT molecular complexity index is 660. The van der Waals surface area contributed by atoms with E-state index in [-0.39, 0.29) is 17.5 Å². The van der Waals surface area contributed by atoms with Crippen LogP contribution < -0.4 is 10.5 Å². The van der Waals surface area contributed by atoms with E-state index in [1.807, 2.05) is 0 Å². The zero-order valence-electron chi connectivity index (χ0n) is 12.1. The highest BCUT2D eigenvalue weighted by molar-refractivity contribution is 7.89. The van der Waals surface area contributed by atoms with Crippen molar-refractivity contribution in [3.63, 3.8) is 0 Å². The molecule has 0 heterocycles. The van der Waals surface area contributed by atoms with Crippen LogP contribution in [-0.2, 0) is 20.8 Å². The normalized spacial score (nSPS) is 14.0. The summed E-state index contributed by atoms with van der Waals surface area (Å²) in [5, 5.41) is 0. The van der Waals surface area contributed by atoms with Gasteiger partial charge in [-0.2, -0.15) is 0 Å². The van der Waals surface area contributed by atoms with Crippen LogP contribution in [0.5, 0.6) is 0 Å². The maximum atomic E-state index is 12.4. The Hall–Kier alpha value is -1.20. The molecular formula is C14H20N2O3S2. The van der Waals surface area contributed by atoms with E-state index in [0.717, 1.165) is 0 Å². The summed E-state index contributed by atoms with van der Waals surface area (Å²) in [7, 11) is -4.60. The molecule has 0 spiro atoms. The molecule has 0 aliphatic carbocycles. The second-order valence-electron chi connectivity index (χ2n) is 4.59. The van der Waals surface area contributed by atoms with Gasteiger partial charge in [0.15, 0.2) is 0 Å². The van der Waals surface area contributed by atoms with Crippen LogP contribution in [0, 0.1) is 11.8 Å². The van der Waals surface area contributed by atoms with Crippen LogP contribution in [0.1, 0.15) is 18.9 Å². The summed E-state index contributed by atoms with van der Waals surface area (Å²) in [6, 6.07) is 6.22. The summed E-state index contributed by atoms with van der Waals surface area (Å²) in [4.78, 5) is 0.135. The van der Waals surface area contributed by atoms with Gasteiger partial charge in [-0.05, 0) is 25.5 Å². The zero-order valence-corrected chi connectivity index (χ0v) is 13.8. The van der Waals surface area contributed by atoms with Crippen LogP contribution in [0.2, 0.25) is 0 Å². The Morgan fingerprint density at radius 1 is 1.38 bits per heavy atom. The fraction of sp³-hybridized carbons (Fsp3) is 0.429. The molecule has 0 aliphatic heterocycles. The van der Waals surface area contributed by atoms with Crippen molar-refractivity contribution in [2.75, 3.05) is 18.6 Å². The van der Waals surface area contributed by atoms with Gasteiger partial charge >= 0.3 is 0 Å². The molecule has 0 fully saturated rings. The van der Waals surface area contributed by atoms with Crippen molar-refractivity contribution in [3.05, 3.63) is 29.8 Å². The molecule has 0 bridgehead atoms. The van der Waals surface area contributed by atoms with Crippen LogP contribution in [0.4, 0.5) is 0 Å². The van der Waals surface area contributed by atoms with Crippen LogP contribution in [0.15, 0.2) is 29.2 Å². The van der Waals surface area contributed by atoms with Gasteiger partial charge in [-0.1, -0.05) is 24.0 Å². The van der Waals surface area contributed by atoms with E-state index < -0.39 is 20.8 Å². The van der Waals surface area contributed by atoms with Gasteiger partial charge in [-0.3, -0.25) is 4.21 Å². The molecule has 2 atom stereocenters. The molecule has 21 heavy (non-hydrogen) atoms. The zero-order chi connectivity index (χ0) is 15.9. The van der Waals surface area contributed by atoms with Crippen LogP contribution >= 0.6 is 0 Å². The lowest BCUT2D eigenvalue weighted by Gasteiger charge is -2.14. The first kappa shape index (κ1) is 17.9. The molecule has 0 aliphatic rings. The molecule has 0 saturated heterocycles. The minimum Gasteiger partial charge on any atom is -0.320 e. The summed E-state index contributed by atoms with van der Waals surface area (Å²) < 4.78 is 38.4.